The van der Waals surface area contributed by atoms with E-state index in [4.69, 9.17) is 4.74 Å². The lowest BCUT2D eigenvalue weighted by Gasteiger charge is -2.34. The van der Waals surface area contributed by atoms with Gasteiger partial charge in [0.05, 0.1) is 18.9 Å². The van der Waals surface area contributed by atoms with E-state index in [1.165, 1.54) is 12.8 Å². The van der Waals surface area contributed by atoms with Gasteiger partial charge in [0.15, 0.2) is 0 Å². The number of rotatable bonds is 4. The maximum absolute atomic E-state index is 12.3. The highest BCUT2D eigenvalue weighted by molar-refractivity contribution is 5.92. The van der Waals surface area contributed by atoms with Crippen molar-refractivity contribution in [3.63, 3.8) is 0 Å². The minimum absolute atomic E-state index is 0.00297. The standard InChI is InChI=1S/C17H27N3O2/c1-17(2)8-6-13(22-12-17)7-9-18-16(21)14-11-19-15-5-3-4-10-20(14)15/h11,13H,3-10,12H2,1-2H3,(H,18,21). The van der Waals surface area contributed by atoms with Crippen LogP contribution in [0.1, 0.15) is 62.3 Å². The van der Waals surface area contributed by atoms with Gasteiger partial charge in [-0.15, -0.1) is 0 Å². The van der Waals surface area contributed by atoms with Gasteiger partial charge in [0, 0.05) is 19.5 Å². The van der Waals surface area contributed by atoms with Crippen LogP contribution in [0.15, 0.2) is 6.20 Å². The van der Waals surface area contributed by atoms with Gasteiger partial charge in [0.1, 0.15) is 11.5 Å². The zero-order chi connectivity index (χ0) is 15.6. The Labute approximate surface area is 132 Å². The third kappa shape index (κ3) is 3.51. The molecule has 2 aliphatic heterocycles. The first-order valence-electron chi connectivity index (χ1n) is 8.49. The Morgan fingerprint density at radius 1 is 1.50 bits per heavy atom. The molecule has 122 valence electrons. The van der Waals surface area contributed by atoms with E-state index in [2.05, 4.69) is 28.7 Å². The van der Waals surface area contributed by atoms with Crippen molar-refractivity contribution in [2.75, 3.05) is 13.2 Å². The second-order valence-corrected chi connectivity index (χ2v) is 7.35. The molecule has 1 amide bonds. The van der Waals surface area contributed by atoms with E-state index < -0.39 is 0 Å². The molecule has 0 bridgehead atoms. The van der Waals surface area contributed by atoms with Crippen LogP contribution < -0.4 is 5.32 Å². The van der Waals surface area contributed by atoms with Crippen LogP contribution in [-0.4, -0.2) is 34.7 Å². The van der Waals surface area contributed by atoms with Crippen molar-refractivity contribution in [1.29, 1.82) is 0 Å². The SMILES string of the molecule is CC1(C)CCC(CCNC(=O)c2cnc3n2CCCC3)OC1. The van der Waals surface area contributed by atoms with E-state index in [0.717, 1.165) is 44.7 Å². The van der Waals surface area contributed by atoms with Gasteiger partial charge >= 0.3 is 0 Å². The van der Waals surface area contributed by atoms with Crippen molar-refractivity contribution in [3.05, 3.63) is 17.7 Å². The number of fused-ring (bicyclic) bond motifs is 1. The number of amides is 1. The van der Waals surface area contributed by atoms with Crippen LogP contribution in [0.5, 0.6) is 0 Å². The fourth-order valence-electron chi connectivity index (χ4n) is 3.31. The molecule has 1 atom stereocenters. The molecule has 22 heavy (non-hydrogen) atoms. The normalized spacial score (nSPS) is 23.8. The van der Waals surface area contributed by atoms with Crippen LogP contribution in [0, 0.1) is 5.41 Å². The summed E-state index contributed by atoms with van der Waals surface area (Å²) >= 11 is 0. The Bertz CT molecular complexity index is 526. The van der Waals surface area contributed by atoms with Crippen LogP contribution >= 0.6 is 0 Å². The van der Waals surface area contributed by atoms with Crippen molar-refractivity contribution in [2.24, 2.45) is 5.41 Å². The highest BCUT2D eigenvalue weighted by Crippen LogP contribution is 2.30. The van der Waals surface area contributed by atoms with Crippen molar-refractivity contribution in [2.45, 2.75) is 65.0 Å². The van der Waals surface area contributed by atoms with Crippen molar-refractivity contribution in [1.82, 2.24) is 14.9 Å². The lowest BCUT2D eigenvalue weighted by Crippen LogP contribution is -2.35. The van der Waals surface area contributed by atoms with E-state index in [1.54, 1.807) is 6.20 Å². The molecule has 3 rings (SSSR count). The number of imidazole rings is 1. The van der Waals surface area contributed by atoms with E-state index in [9.17, 15) is 4.79 Å². The third-order valence-electron chi connectivity index (χ3n) is 4.81. The highest BCUT2D eigenvalue weighted by atomic mass is 16.5. The summed E-state index contributed by atoms with van der Waals surface area (Å²) in [5.74, 6) is 1.05. The summed E-state index contributed by atoms with van der Waals surface area (Å²) in [6, 6.07) is 0. The molecule has 1 N–H and O–H groups in total. The van der Waals surface area contributed by atoms with Gasteiger partial charge < -0.3 is 14.6 Å². The monoisotopic (exact) mass is 305 g/mol. The summed E-state index contributed by atoms with van der Waals surface area (Å²) in [7, 11) is 0. The van der Waals surface area contributed by atoms with E-state index in [0.29, 0.717) is 17.7 Å². The molecule has 5 heteroatoms. The van der Waals surface area contributed by atoms with Crippen LogP contribution in [-0.2, 0) is 17.7 Å². The molecular formula is C17H27N3O2. The Morgan fingerprint density at radius 3 is 3.14 bits per heavy atom. The largest absolute Gasteiger partial charge is 0.378 e. The molecule has 0 spiro atoms. The summed E-state index contributed by atoms with van der Waals surface area (Å²) in [4.78, 5) is 16.7. The van der Waals surface area contributed by atoms with Gasteiger partial charge in [-0.2, -0.15) is 0 Å². The van der Waals surface area contributed by atoms with Crippen LogP contribution in [0.4, 0.5) is 0 Å². The third-order valence-corrected chi connectivity index (χ3v) is 4.81. The lowest BCUT2D eigenvalue weighted by atomic mass is 9.85. The molecule has 2 aliphatic rings. The number of hydrogen-bond donors (Lipinski definition) is 1. The number of carbonyl (C=O) groups excluding carboxylic acids is 1. The zero-order valence-corrected chi connectivity index (χ0v) is 13.7. The number of carbonyl (C=O) groups is 1. The van der Waals surface area contributed by atoms with Gasteiger partial charge in [-0.1, -0.05) is 13.8 Å². The molecule has 1 aromatic heterocycles. The van der Waals surface area contributed by atoms with Gasteiger partial charge in [0.25, 0.3) is 5.91 Å². The minimum atomic E-state index is -0.00297. The number of aromatic nitrogens is 2. The van der Waals surface area contributed by atoms with Crippen molar-refractivity contribution < 1.29 is 9.53 Å². The van der Waals surface area contributed by atoms with Gasteiger partial charge in [-0.25, -0.2) is 4.98 Å². The predicted octanol–water partition coefficient (Wildman–Crippen LogP) is 2.54. The summed E-state index contributed by atoms with van der Waals surface area (Å²) in [6.07, 6.45) is 8.47. The fourth-order valence-corrected chi connectivity index (χ4v) is 3.31. The predicted molar refractivity (Wildman–Crippen MR) is 84.9 cm³/mol. The summed E-state index contributed by atoms with van der Waals surface area (Å²) < 4.78 is 7.96. The first-order chi connectivity index (χ1) is 10.6. The number of aryl methyl sites for hydroxylation is 1. The average Bonchev–Trinajstić information content (AvgIpc) is 2.93. The topological polar surface area (TPSA) is 56.2 Å². The maximum Gasteiger partial charge on any atom is 0.269 e. The number of nitrogens with one attached hydrogen (secondary N) is 1. The van der Waals surface area contributed by atoms with Crippen molar-refractivity contribution in [3.8, 4) is 0 Å². The van der Waals surface area contributed by atoms with E-state index in [-0.39, 0.29) is 12.0 Å². The van der Waals surface area contributed by atoms with E-state index in [1.807, 2.05) is 0 Å². The van der Waals surface area contributed by atoms with Gasteiger partial charge in [-0.3, -0.25) is 4.79 Å². The molecule has 1 unspecified atom stereocenters. The molecule has 1 aromatic rings. The summed E-state index contributed by atoms with van der Waals surface area (Å²) in [5, 5.41) is 3.02. The van der Waals surface area contributed by atoms with Crippen LogP contribution in [0.25, 0.3) is 0 Å². The Kier molecular flexibility index (Phi) is 4.52. The Balaban J connectivity index is 1.46. The lowest BCUT2D eigenvalue weighted by molar-refractivity contribution is -0.0506. The zero-order valence-electron chi connectivity index (χ0n) is 13.7. The smallest absolute Gasteiger partial charge is 0.269 e. The second kappa shape index (κ2) is 6.41. The molecule has 0 aliphatic carbocycles. The molecule has 5 nitrogen and oxygen atoms in total. The van der Waals surface area contributed by atoms with Crippen molar-refractivity contribution >= 4 is 5.91 Å². The average molecular weight is 305 g/mol. The quantitative estimate of drug-likeness (QED) is 0.930. The minimum Gasteiger partial charge on any atom is -0.378 e. The highest BCUT2D eigenvalue weighted by Gasteiger charge is 2.27. The molecule has 0 saturated carbocycles. The summed E-state index contributed by atoms with van der Waals surface area (Å²) in [6.45, 7) is 6.90. The Morgan fingerprint density at radius 2 is 2.36 bits per heavy atom. The molecular weight excluding hydrogens is 278 g/mol. The number of hydrogen-bond acceptors (Lipinski definition) is 3. The van der Waals surface area contributed by atoms with Gasteiger partial charge in [-0.05, 0) is 37.5 Å². The number of ether oxygens (including phenoxy) is 1. The number of nitrogens with zero attached hydrogens (tertiary/aromatic N) is 2. The molecule has 1 saturated heterocycles. The van der Waals surface area contributed by atoms with Crippen LogP contribution in [0.2, 0.25) is 0 Å². The first kappa shape index (κ1) is 15.5. The molecule has 1 fully saturated rings. The van der Waals surface area contributed by atoms with E-state index >= 15 is 0 Å². The van der Waals surface area contributed by atoms with Gasteiger partial charge in [0.2, 0.25) is 0 Å². The molecule has 0 radical (unpaired) electrons. The maximum atomic E-state index is 12.3. The molecule has 0 aromatic carbocycles. The van der Waals surface area contributed by atoms with Crippen LogP contribution in [0.3, 0.4) is 0 Å². The fraction of sp³-hybridized carbons (Fsp3) is 0.765. The Hall–Kier alpha value is -1.36. The second-order valence-electron chi connectivity index (χ2n) is 7.35. The molecule has 3 heterocycles. The summed E-state index contributed by atoms with van der Waals surface area (Å²) in [5.41, 5.74) is 1.01. The first-order valence-corrected chi connectivity index (χ1v) is 8.49.